The summed E-state index contributed by atoms with van der Waals surface area (Å²) in [5, 5.41) is 9.95. The number of nitrogens with one attached hydrogen (secondary N) is 3. The van der Waals surface area contributed by atoms with E-state index in [2.05, 4.69) is 20.9 Å². The van der Waals surface area contributed by atoms with E-state index < -0.39 is 0 Å². The van der Waals surface area contributed by atoms with Crippen molar-refractivity contribution < 1.29 is 14.3 Å². The number of benzene rings is 1. The molecule has 1 saturated carbocycles. The Balaban J connectivity index is 1.46. The summed E-state index contributed by atoms with van der Waals surface area (Å²) in [5.74, 6) is 2.46. The van der Waals surface area contributed by atoms with Gasteiger partial charge in [-0.05, 0) is 43.9 Å². The monoisotopic (exact) mass is 394 g/mol. The highest BCUT2D eigenvalue weighted by Gasteiger charge is 2.28. The lowest BCUT2D eigenvalue weighted by Gasteiger charge is -2.20. The molecule has 3 rings (SSSR count). The van der Waals surface area contributed by atoms with Gasteiger partial charge in [0.2, 0.25) is 5.91 Å². The number of carbonyl (C=O) groups is 1. The fourth-order valence-corrected chi connectivity index (χ4v) is 3.09. The second-order valence-corrected chi connectivity index (χ2v) is 7.01. The summed E-state index contributed by atoms with van der Waals surface area (Å²) >= 11 is 6.28. The van der Waals surface area contributed by atoms with E-state index in [0.717, 1.165) is 37.3 Å². The Morgan fingerprint density at radius 2 is 1.96 bits per heavy atom. The molecule has 1 fully saturated rings. The maximum atomic E-state index is 11.6. The number of guanidine groups is 1. The van der Waals surface area contributed by atoms with Crippen molar-refractivity contribution in [3.63, 3.8) is 0 Å². The number of halogens is 1. The smallest absolute Gasteiger partial charge is 0.223 e. The van der Waals surface area contributed by atoms with E-state index in [4.69, 9.17) is 21.1 Å². The molecule has 27 heavy (non-hydrogen) atoms. The molecule has 0 aromatic heterocycles. The van der Waals surface area contributed by atoms with Crippen LogP contribution in [-0.4, -0.2) is 51.3 Å². The molecule has 1 aromatic carbocycles. The third kappa shape index (κ3) is 5.92. The SMILES string of the molecule is CCNC(=NCCc1cc(Cl)c2c(c1)OCCO2)NCCNC(=O)C1CC1. The molecule has 0 unspecified atom stereocenters. The van der Waals surface area contributed by atoms with Gasteiger partial charge in [0.1, 0.15) is 13.2 Å². The normalized spacial score (nSPS) is 16.0. The van der Waals surface area contributed by atoms with E-state index in [1.54, 1.807) is 0 Å². The molecule has 1 amide bonds. The number of fused-ring (bicyclic) bond motifs is 1. The molecule has 0 atom stereocenters. The van der Waals surface area contributed by atoms with Gasteiger partial charge in [0.05, 0.1) is 5.02 Å². The molecule has 1 heterocycles. The van der Waals surface area contributed by atoms with Crippen molar-refractivity contribution in [3.8, 4) is 11.5 Å². The predicted octanol–water partition coefficient (Wildman–Crippen LogP) is 1.73. The summed E-state index contributed by atoms with van der Waals surface area (Å²) in [6.07, 6.45) is 2.78. The second-order valence-electron chi connectivity index (χ2n) is 6.60. The average Bonchev–Trinajstić information content (AvgIpc) is 3.50. The first-order valence-corrected chi connectivity index (χ1v) is 9.93. The summed E-state index contributed by atoms with van der Waals surface area (Å²) in [6, 6.07) is 3.86. The molecule has 7 nitrogen and oxygen atoms in total. The Kier molecular flexibility index (Phi) is 7.04. The second kappa shape index (κ2) is 9.69. The van der Waals surface area contributed by atoms with E-state index in [-0.39, 0.29) is 11.8 Å². The molecule has 0 spiro atoms. The topological polar surface area (TPSA) is 84.0 Å². The first kappa shape index (κ1) is 19.6. The number of hydrogen-bond donors (Lipinski definition) is 3. The molecule has 0 saturated heterocycles. The van der Waals surface area contributed by atoms with E-state index in [1.807, 2.05) is 19.1 Å². The van der Waals surface area contributed by atoms with Crippen molar-refractivity contribution in [2.24, 2.45) is 10.9 Å². The van der Waals surface area contributed by atoms with Gasteiger partial charge < -0.3 is 25.4 Å². The standard InChI is InChI=1S/C19H27ClN4O3/c1-2-21-19(24-8-7-22-18(25)14-3-4-14)23-6-5-13-11-15(20)17-16(12-13)26-9-10-27-17/h11-12,14H,2-10H2,1H3,(H,22,25)(H2,21,23,24). The molecule has 1 aromatic rings. The molecule has 1 aliphatic heterocycles. The van der Waals surface area contributed by atoms with Gasteiger partial charge in [-0.25, -0.2) is 0 Å². The van der Waals surface area contributed by atoms with Gasteiger partial charge in [-0.3, -0.25) is 9.79 Å². The zero-order chi connectivity index (χ0) is 19.1. The quantitative estimate of drug-likeness (QED) is 0.355. The minimum Gasteiger partial charge on any atom is -0.486 e. The third-order valence-electron chi connectivity index (χ3n) is 4.34. The van der Waals surface area contributed by atoms with Gasteiger partial charge in [0.15, 0.2) is 17.5 Å². The zero-order valence-electron chi connectivity index (χ0n) is 15.6. The highest BCUT2D eigenvalue weighted by Crippen LogP contribution is 2.38. The summed E-state index contributed by atoms with van der Waals surface area (Å²) in [7, 11) is 0. The number of amides is 1. The minimum atomic E-state index is 0.161. The number of rotatable bonds is 8. The van der Waals surface area contributed by atoms with Crippen LogP contribution in [0.5, 0.6) is 11.5 Å². The number of carbonyl (C=O) groups excluding carboxylic acids is 1. The summed E-state index contributed by atoms with van der Waals surface area (Å²) in [5.41, 5.74) is 1.06. The number of ether oxygens (including phenoxy) is 2. The lowest BCUT2D eigenvalue weighted by Crippen LogP contribution is -2.41. The van der Waals surface area contributed by atoms with Crippen LogP contribution in [0.4, 0.5) is 0 Å². The van der Waals surface area contributed by atoms with Crippen LogP contribution in [0.1, 0.15) is 25.3 Å². The molecule has 0 bridgehead atoms. The molecule has 148 valence electrons. The molecule has 8 heteroatoms. The highest BCUT2D eigenvalue weighted by atomic mass is 35.5. The van der Waals surface area contributed by atoms with Crippen LogP contribution in [0, 0.1) is 5.92 Å². The maximum absolute atomic E-state index is 11.6. The largest absolute Gasteiger partial charge is 0.486 e. The van der Waals surface area contributed by atoms with Crippen LogP contribution in [-0.2, 0) is 11.2 Å². The minimum absolute atomic E-state index is 0.161. The van der Waals surface area contributed by atoms with Crippen LogP contribution in [0.15, 0.2) is 17.1 Å². The number of aliphatic imine (C=N–C) groups is 1. The van der Waals surface area contributed by atoms with Crippen molar-refractivity contribution >= 4 is 23.5 Å². The van der Waals surface area contributed by atoms with Crippen LogP contribution in [0.25, 0.3) is 0 Å². The van der Waals surface area contributed by atoms with Crippen LogP contribution >= 0.6 is 11.6 Å². The molecule has 2 aliphatic rings. The van der Waals surface area contributed by atoms with Gasteiger partial charge >= 0.3 is 0 Å². The predicted molar refractivity (Wildman–Crippen MR) is 106 cm³/mol. The molecular weight excluding hydrogens is 368 g/mol. The summed E-state index contributed by atoms with van der Waals surface area (Å²) in [6.45, 7) is 5.70. The number of hydrogen-bond acceptors (Lipinski definition) is 4. The van der Waals surface area contributed by atoms with Gasteiger partial charge in [-0.2, -0.15) is 0 Å². The van der Waals surface area contributed by atoms with E-state index in [0.29, 0.717) is 49.4 Å². The van der Waals surface area contributed by atoms with E-state index in [1.165, 1.54) is 0 Å². The van der Waals surface area contributed by atoms with Gasteiger partial charge in [0.25, 0.3) is 0 Å². The average molecular weight is 395 g/mol. The lowest BCUT2D eigenvalue weighted by atomic mass is 10.1. The molecule has 1 aliphatic carbocycles. The summed E-state index contributed by atoms with van der Waals surface area (Å²) in [4.78, 5) is 16.2. The van der Waals surface area contributed by atoms with Crippen molar-refractivity contribution in [1.29, 1.82) is 0 Å². The summed E-state index contributed by atoms with van der Waals surface area (Å²) < 4.78 is 11.2. The van der Waals surface area contributed by atoms with Gasteiger partial charge in [-0.1, -0.05) is 11.6 Å². The molecule has 3 N–H and O–H groups in total. The molecule has 0 radical (unpaired) electrons. The fourth-order valence-electron chi connectivity index (χ4n) is 2.80. The van der Waals surface area contributed by atoms with Crippen molar-refractivity contribution in [3.05, 3.63) is 22.7 Å². The van der Waals surface area contributed by atoms with Crippen LogP contribution < -0.4 is 25.4 Å². The Morgan fingerprint density at radius 3 is 2.74 bits per heavy atom. The Hall–Kier alpha value is -2.15. The first-order valence-electron chi connectivity index (χ1n) is 9.55. The number of nitrogens with zero attached hydrogens (tertiary/aromatic N) is 1. The van der Waals surface area contributed by atoms with Crippen molar-refractivity contribution in [2.45, 2.75) is 26.2 Å². The van der Waals surface area contributed by atoms with Crippen LogP contribution in [0.3, 0.4) is 0 Å². The Bertz CT molecular complexity index is 692. The van der Waals surface area contributed by atoms with Crippen LogP contribution in [0.2, 0.25) is 5.02 Å². The fraction of sp³-hybridized carbons (Fsp3) is 0.579. The van der Waals surface area contributed by atoms with Gasteiger partial charge in [0, 0.05) is 32.1 Å². The highest BCUT2D eigenvalue weighted by molar-refractivity contribution is 6.32. The van der Waals surface area contributed by atoms with Crippen molar-refractivity contribution in [1.82, 2.24) is 16.0 Å². The Morgan fingerprint density at radius 1 is 1.19 bits per heavy atom. The van der Waals surface area contributed by atoms with E-state index in [9.17, 15) is 4.79 Å². The molecular formula is C19H27ClN4O3. The third-order valence-corrected chi connectivity index (χ3v) is 4.62. The van der Waals surface area contributed by atoms with Crippen molar-refractivity contribution in [2.75, 3.05) is 39.4 Å². The maximum Gasteiger partial charge on any atom is 0.223 e. The van der Waals surface area contributed by atoms with Gasteiger partial charge in [-0.15, -0.1) is 0 Å². The van der Waals surface area contributed by atoms with E-state index >= 15 is 0 Å². The Labute approximate surface area is 164 Å². The lowest BCUT2D eigenvalue weighted by molar-refractivity contribution is -0.122. The first-order chi connectivity index (χ1) is 13.2. The zero-order valence-corrected chi connectivity index (χ0v) is 16.4.